The minimum Gasteiger partial charge on any atom is -0.497 e. The van der Waals surface area contributed by atoms with Gasteiger partial charge in [0.15, 0.2) is 4.77 Å². The number of aromatic amines is 2. The summed E-state index contributed by atoms with van der Waals surface area (Å²) in [5, 5.41) is 15.6. The third kappa shape index (κ3) is 3.34. The van der Waals surface area contributed by atoms with E-state index < -0.39 is 11.6 Å². The van der Waals surface area contributed by atoms with Gasteiger partial charge in [0.25, 0.3) is 5.56 Å². The molecule has 0 saturated heterocycles. The highest BCUT2D eigenvalue weighted by atomic mass is 32.1. The van der Waals surface area contributed by atoms with E-state index in [4.69, 9.17) is 17.0 Å². The Labute approximate surface area is 183 Å². The Balaban J connectivity index is 1.66. The number of nitrogens with zero attached hydrogens (tertiary/aromatic N) is 1. The zero-order valence-corrected chi connectivity index (χ0v) is 17.8. The van der Waals surface area contributed by atoms with E-state index in [0.717, 1.165) is 39.9 Å². The molecule has 2 aromatic heterocycles. The van der Waals surface area contributed by atoms with Crippen LogP contribution in [0.5, 0.6) is 11.6 Å². The Morgan fingerprint density at radius 3 is 2.77 bits per heavy atom. The maximum absolute atomic E-state index is 12.9. The number of nitrogens with one attached hydrogen (secondary N) is 3. The molecule has 158 valence electrons. The molecule has 4 aromatic rings. The first kappa shape index (κ1) is 19.6. The summed E-state index contributed by atoms with van der Waals surface area (Å²) in [6, 6.07) is 15.1. The van der Waals surface area contributed by atoms with Crippen LogP contribution in [0.2, 0.25) is 0 Å². The Bertz CT molecular complexity index is 1390. The lowest BCUT2D eigenvalue weighted by Gasteiger charge is -2.25. The lowest BCUT2D eigenvalue weighted by atomic mass is 9.95. The molecule has 1 aliphatic heterocycles. The predicted octanol–water partition coefficient (Wildman–Crippen LogP) is 3.38. The number of fused-ring (bicyclic) bond motifs is 3. The minimum atomic E-state index is -0.483. The molecule has 0 amide bonds. The highest BCUT2D eigenvalue weighted by Gasteiger charge is 2.30. The van der Waals surface area contributed by atoms with E-state index in [2.05, 4.69) is 15.3 Å². The standard InChI is InChI=1S/C23H22N4O3S/c1-30-14-7-8-17-16(11-14)15-9-10-24-20(19(15)25-17)18-21(28)26-23(31)27(22(18)29)12-13-5-3-2-4-6-13/h2-8,11,20,24-25,29H,9-10,12H2,1H3,(H,26,28,31). The Morgan fingerprint density at radius 2 is 2.00 bits per heavy atom. The van der Waals surface area contributed by atoms with Crippen molar-refractivity contribution in [1.82, 2.24) is 19.9 Å². The van der Waals surface area contributed by atoms with Gasteiger partial charge < -0.3 is 20.1 Å². The smallest absolute Gasteiger partial charge is 0.260 e. The Morgan fingerprint density at radius 1 is 1.19 bits per heavy atom. The zero-order chi connectivity index (χ0) is 21.5. The lowest BCUT2D eigenvalue weighted by Crippen LogP contribution is -2.35. The van der Waals surface area contributed by atoms with Gasteiger partial charge >= 0.3 is 0 Å². The highest BCUT2D eigenvalue weighted by Crippen LogP contribution is 2.36. The first-order valence-corrected chi connectivity index (χ1v) is 10.5. The van der Waals surface area contributed by atoms with Crippen LogP contribution in [0.1, 0.15) is 28.4 Å². The van der Waals surface area contributed by atoms with Gasteiger partial charge in [-0.2, -0.15) is 0 Å². The quantitative estimate of drug-likeness (QED) is 0.370. The molecule has 31 heavy (non-hydrogen) atoms. The molecule has 1 unspecified atom stereocenters. The van der Waals surface area contributed by atoms with E-state index in [1.165, 1.54) is 0 Å². The zero-order valence-electron chi connectivity index (χ0n) is 16.9. The second-order valence-corrected chi connectivity index (χ2v) is 8.02. The van der Waals surface area contributed by atoms with Gasteiger partial charge in [0.05, 0.1) is 19.7 Å². The normalized spacial score (nSPS) is 15.7. The van der Waals surface area contributed by atoms with Crippen LogP contribution in [-0.4, -0.2) is 33.3 Å². The predicted molar refractivity (Wildman–Crippen MR) is 121 cm³/mol. The Kier molecular flexibility index (Phi) is 4.88. The summed E-state index contributed by atoms with van der Waals surface area (Å²) in [6.07, 6.45) is 0.806. The molecule has 0 radical (unpaired) electrons. The molecular weight excluding hydrogens is 412 g/mol. The fourth-order valence-electron chi connectivity index (χ4n) is 4.33. The maximum atomic E-state index is 12.9. The van der Waals surface area contributed by atoms with Crippen molar-refractivity contribution < 1.29 is 9.84 Å². The number of methoxy groups -OCH3 is 1. The number of hydrogen-bond donors (Lipinski definition) is 4. The summed E-state index contributed by atoms with van der Waals surface area (Å²) in [5.74, 6) is 0.653. The van der Waals surface area contributed by atoms with E-state index in [1.54, 1.807) is 11.7 Å². The van der Waals surface area contributed by atoms with Crippen molar-refractivity contribution in [3.05, 3.63) is 86.0 Å². The van der Waals surface area contributed by atoms with Crippen molar-refractivity contribution in [2.24, 2.45) is 0 Å². The van der Waals surface area contributed by atoms with Crippen molar-refractivity contribution >= 4 is 23.1 Å². The third-order valence-electron chi connectivity index (χ3n) is 5.84. The second-order valence-electron chi connectivity index (χ2n) is 7.63. The highest BCUT2D eigenvalue weighted by molar-refractivity contribution is 7.71. The number of ether oxygens (including phenoxy) is 1. The van der Waals surface area contributed by atoms with E-state index in [9.17, 15) is 9.90 Å². The van der Waals surface area contributed by atoms with Crippen LogP contribution < -0.4 is 15.6 Å². The van der Waals surface area contributed by atoms with Gasteiger partial charge in [-0.3, -0.25) is 14.3 Å². The molecule has 4 N–H and O–H groups in total. The molecule has 0 bridgehead atoms. The van der Waals surface area contributed by atoms with Gasteiger partial charge in [0.1, 0.15) is 11.3 Å². The molecule has 2 aromatic carbocycles. The summed E-state index contributed by atoms with van der Waals surface area (Å²) in [6.45, 7) is 1.04. The SMILES string of the molecule is COc1ccc2[nH]c3c(c2c1)CCNC3c1c(O)n(Cc2ccccc2)c(=S)[nH]c1=O. The van der Waals surface area contributed by atoms with Crippen LogP contribution in [0.25, 0.3) is 10.9 Å². The van der Waals surface area contributed by atoms with E-state index in [-0.39, 0.29) is 16.2 Å². The average Bonchev–Trinajstić information content (AvgIpc) is 3.16. The summed E-state index contributed by atoms with van der Waals surface area (Å²) < 4.78 is 7.12. The minimum absolute atomic E-state index is 0.126. The van der Waals surface area contributed by atoms with Gasteiger partial charge in [-0.1, -0.05) is 30.3 Å². The molecule has 7 nitrogen and oxygen atoms in total. The molecular formula is C23H22N4O3S. The first-order chi connectivity index (χ1) is 15.1. The number of aromatic nitrogens is 3. The maximum Gasteiger partial charge on any atom is 0.260 e. The van der Waals surface area contributed by atoms with Crippen molar-refractivity contribution in [2.45, 2.75) is 19.0 Å². The van der Waals surface area contributed by atoms with Crippen LogP contribution >= 0.6 is 12.2 Å². The lowest BCUT2D eigenvalue weighted by molar-refractivity contribution is 0.393. The molecule has 1 aliphatic rings. The number of H-pyrrole nitrogens is 2. The van der Waals surface area contributed by atoms with E-state index in [0.29, 0.717) is 13.1 Å². The van der Waals surface area contributed by atoms with E-state index in [1.807, 2.05) is 48.5 Å². The number of hydrogen-bond acceptors (Lipinski definition) is 5. The van der Waals surface area contributed by atoms with Crippen molar-refractivity contribution in [3.8, 4) is 11.6 Å². The summed E-state index contributed by atoms with van der Waals surface area (Å²) in [5.41, 5.74) is 3.79. The molecule has 0 aliphatic carbocycles. The molecule has 0 fully saturated rings. The van der Waals surface area contributed by atoms with Crippen molar-refractivity contribution in [2.75, 3.05) is 13.7 Å². The summed E-state index contributed by atoms with van der Waals surface area (Å²) in [4.78, 5) is 19.1. The van der Waals surface area contributed by atoms with Crippen LogP contribution in [-0.2, 0) is 13.0 Å². The second kappa shape index (κ2) is 7.72. The van der Waals surface area contributed by atoms with Crippen LogP contribution in [0.15, 0.2) is 53.3 Å². The van der Waals surface area contributed by atoms with Crippen molar-refractivity contribution in [3.63, 3.8) is 0 Å². The van der Waals surface area contributed by atoms with Gasteiger partial charge in [0, 0.05) is 23.1 Å². The van der Waals surface area contributed by atoms with Crippen LogP contribution in [0.4, 0.5) is 0 Å². The fourth-order valence-corrected chi connectivity index (χ4v) is 4.57. The average molecular weight is 435 g/mol. The van der Waals surface area contributed by atoms with Gasteiger partial charge in [0.2, 0.25) is 5.88 Å². The third-order valence-corrected chi connectivity index (χ3v) is 6.16. The summed E-state index contributed by atoms with van der Waals surface area (Å²) >= 11 is 5.35. The largest absolute Gasteiger partial charge is 0.497 e. The van der Waals surface area contributed by atoms with Crippen LogP contribution in [0.3, 0.4) is 0 Å². The van der Waals surface area contributed by atoms with Gasteiger partial charge in [-0.25, -0.2) is 0 Å². The topological polar surface area (TPSA) is 95.1 Å². The molecule has 0 saturated carbocycles. The number of benzene rings is 2. The molecule has 0 spiro atoms. The van der Waals surface area contributed by atoms with Gasteiger partial charge in [-0.15, -0.1) is 0 Å². The molecule has 5 rings (SSSR count). The van der Waals surface area contributed by atoms with E-state index >= 15 is 0 Å². The molecule has 1 atom stereocenters. The monoisotopic (exact) mass is 434 g/mol. The fraction of sp³-hybridized carbons (Fsp3) is 0.217. The molecule has 3 heterocycles. The number of rotatable bonds is 4. The van der Waals surface area contributed by atoms with Gasteiger partial charge in [-0.05, 0) is 48.0 Å². The summed E-state index contributed by atoms with van der Waals surface area (Å²) in [7, 11) is 1.64. The Hall–Kier alpha value is -3.36. The van der Waals surface area contributed by atoms with Crippen LogP contribution in [0, 0.1) is 4.77 Å². The number of aromatic hydroxyl groups is 1. The molecule has 8 heteroatoms. The first-order valence-electron chi connectivity index (χ1n) is 10.1. The van der Waals surface area contributed by atoms with Crippen molar-refractivity contribution in [1.29, 1.82) is 0 Å².